The number of pyridine rings is 1. The molecule has 0 saturated carbocycles. The van der Waals surface area contributed by atoms with Gasteiger partial charge in [-0.2, -0.15) is 5.26 Å². The van der Waals surface area contributed by atoms with Crippen molar-refractivity contribution in [2.24, 2.45) is 0 Å². The lowest BCUT2D eigenvalue weighted by atomic mass is 10.0. The third-order valence-corrected chi connectivity index (χ3v) is 4.26. The van der Waals surface area contributed by atoms with Gasteiger partial charge in [0.25, 0.3) is 0 Å². The van der Waals surface area contributed by atoms with E-state index < -0.39 is 0 Å². The van der Waals surface area contributed by atoms with Crippen LogP contribution in [0, 0.1) is 11.3 Å². The molecule has 1 saturated heterocycles. The third-order valence-electron chi connectivity index (χ3n) is 4.26. The van der Waals surface area contributed by atoms with Crippen LogP contribution >= 0.6 is 0 Å². The molecule has 0 radical (unpaired) electrons. The van der Waals surface area contributed by atoms with E-state index in [1.165, 1.54) is 31.5 Å². The molecule has 1 fully saturated rings. The van der Waals surface area contributed by atoms with Crippen molar-refractivity contribution in [1.29, 1.82) is 5.26 Å². The second-order valence-electron chi connectivity index (χ2n) is 5.56. The lowest BCUT2D eigenvalue weighted by Crippen LogP contribution is -2.23. The number of rotatable bonds is 3. The minimum absolute atomic E-state index is 0.418. The van der Waals surface area contributed by atoms with Gasteiger partial charge in [-0.15, -0.1) is 0 Å². The highest BCUT2D eigenvalue weighted by Crippen LogP contribution is 2.28. The van der Waals surface area contributed by atoms with Crippen LogP contribution in [0.5, 0.6) is 0 Å². The normalized spacial score (nSPS) is 16.6. The van der Waals surface area contributed by atoms with Gasteiger partial charge in [0.15, 0.2) is 0 Å². The topological polar surface area (TPSA) is 39.9 Å². The smallest absolute Gasteiger partial charge is 0.101 e. The maximum absolute atomic E-state index is 9.23. The van der Waals surface area contributed by atoms with Gasteiger partial charge in [0, 0.05) is 17.8 Å². The van der Waals surface area contributed by atoms with Gasteiger partial charge in [0.05, 0.1) is 11.3 Å². The molecule has 1 atom stereocenters. The van der Waals surface area contributed by atoms with Crippen LogP contribution in [-0.2, 0) is 0 Å². The van der Waals surface area contributed by atoms with E-state index in [1.807, 2.05) is 12.1 Å². The summed E-state index contributed by atoms with van der Waals surface area (Å²) in [5.41, 5.74) is 3.72. The van der Waals surface area contributed by atoms with Crippen LogP contribution in [0.1, 0.15) is 36.9 Å². The molecule has 0 aliphatic carbocycles. The van der Waals surface area contributed by atoms with Crippen LogP contribution in [0.15, 0.2) is 42.6 Å². The molecule has 1 aliphatic heterocycles. The zero-order valence-corrected chi connectivity index (χ0v) is 12.3. The predicted octanol–water partition coefficient (Wildman–Crippen LogP) is 3.78. The minimum atomic E-state index is 0.418. The van der Waals surface area contributed by atoms with Crippen LogP contribution in [0.25, 0.3) is 11.3 Å². The first-order chi connectivity index (χ1) is 10.3. The van der Waals surface area contributed by atoms with E-state index >= 15 is 0 Å². The molecule has 1 aromatic heterocycles. The first kappa shape index (κ1) is 13.8. The number of aromatic nitrogens is 1. The van der Waals surface area contributed by atoms with Crippen molar-refractivity contribution >= 4 is 0 Å². The molecule has 3 nitrogen and oxygen atoms in total. The summed E-state index contributed by atoms with van der Waals surface area (Å²) in [7, 11) is 0. The zero-order valence-electron chi connectivity index (χ0n) is 12.3. The van der Waals surface area contributed by atoms with E-state index in [1.54, 1.807) is 12.3 Å². The Morgan fingerprint density at radius 2 is 2.00 bits per heavy atom. The highest BCUT2D eigenvalue weighted by Gasteiger charge is 2.19. The first-order valence-corrected chi connectivity index (χ1v) is 7.49. The van der Waals surface area contributed by atoms with Gasteiger partial charge in [0.1, 0.15) is 6.07 Å². The maximum atomic E-state index is 9.23. The van der Waals surface area contributed by atoms with Gasteiger partial charge in [0.2, 0.25) is 0 Å². The Morgan fingerprint density at radius 1 is 1.19 bits per heavy atom. The summed E-state index contributed by atoms with van der Waals surface area (Å²) >= 11 is 0. The Labute approximate surface area is 125 Å². The van der Waals surface area contributed by atoms with E-state index in [2.05, 4.69) is 41.1 Å². The molecule has 0 N–H and O–H groups in total. The number of likely N-dealkylation sites (tertiary alicyclic amines) is 1. The maximum Gasteiger partial charge on any atom is 0.101 e. The molecule has 0 spiro atoms. The lowest BCUT2D eigenvalue weighted by molar-refractivity contribution is 0.263. The molecule has 3 heteroatoms. The average molecular weight is 277 g/mol. The quantitative estimate of drug-likeness (QED) is 0.857. The molecule has 0 amide bonds. The van der Waals surface area contributed by atoms with E-state index in [4.69, 9.17) is 0 Å². The largest absolute Gasteiger partial charge is 0.297 e. The lowest BCUT2D eigenvalue weighted by Gasteiger charge is -2.24. The second-order valence-corrected chi connectivity index (χ2v) is 5.56. The number of hydrogen-bond donors (Lipinski definition) is 0. The van der Waals surface area contributed by atoms with Gasteiger partial charge in [-0.3, -0.25) is 9.88 Å². The molecule has 3 rings (SSSR count). The van der Waals surface area contributed by atoms with Crippen molar-refractivity contribution in [3.05, 3.63) is 53.7 Å². The molecule has 2 heterocycles. The van der Waals surface area contributed by atoms with Crippen molar-refractivity contribution in [2.45, 2.75) is 25.8 Å². The molecule has 0 bridgehead atoms. The minimum Gasteiger partial charge on any atom is -0.297 e. The summed E-state index contributed by atoms with van der Waals surface area (Å²) in [5.74, 6) is 0. The van der Waals surface area contributed by atoms with Crippen molar-refractivity contribution in [3.63, 3.8) is 0 Å². The van der Waals surface area contributed by atoms with Crippen LogP contribution in [0.3, 0.4) is 0 Å². The van der Waals surface area contributed by atoms with Crippen LogP contribution in [-0.4, -0.2) is 23.0 Å². The summed E-state index contributed by atoms with van der Waals surface area (Å²) in [4.78, 5) is 6.90. The molecule has 1 aromatic carbocycles. The number of nitrogens with zero attached hydrogens (tertiary/aromatic N) is 3. The Hall–Kier alpha value is -2.18. The van der Waals surface area contributed by atoms with E-state index in [9.17, 15) is 5.26 Å². The Kier molecular flexibility index (Phi) is 3.98. The Morgan fingerprint density at radius 3 is 2.76 bits per heavy atom. The summed E-state index contributed by atoms with van der Waals surface area (Å²) in [6.45, 7) is 4.62. The van der Waals surface area contributed by atoms with Crippen LogP contribution in [0.4, 0.5) is 0 Å². The van der Waals surface area contributed by atoms with E-state index in [0.717, 1.165) is 11.3 Å². The first-order valence-electron chi connectivity index (χ1n) is 7.49. The summed E-state index contributed by atoms with van der Waals surface area (Å²) in [6.07, 6.45) is 4.33. The highest BCUT2D eigenvalue weighted by molar-refractivity contribution is 5.66. The fourth-order valence-corrected chi connectivity index (χ4v) is 3.01. The molecule has 106 valence electrons. The van der Waals surface area contributed by atoms with Crippen LogP contribution in [0.2, 0.25) is 0 Å². The number of benzene rings is 1. The highest BCUT2D eigenvalue weighted by atomic mass is 15.2. The summed E-state index contributed by atoms with van der Waals surface area (Å²) < 4.78 is 0. The fraction of sp³-hybridized carbons (Fsp3) is 0.333. The third kappa shape index (κ3) is 2.81. The molecule has 1 aliphatic rings. The zero-order chi connectivity index (χ0) is 14.7. The molecule has 0 unspecified atom stereocenters. The predicted molar refractivity (Wildman–Crippen MR) is 83.6 cm³/mol. The van der Waals surface area contributed by atoms with Gasteiger partial charge in [-0.1, -0.05) is 18.2 Å². The molecule has 21 heavy (non-hydrogen) atoms. The van der Waals surface area contributed by atoms with Crippen molar-refractivity contribution in [3.8, 4) is 17.3 Å². The molecular formula is C18H19N3. The van der Waals surface area contributed by atoms with Crippen LogP contribution < -0.4 is 0 Å². The number of nitriles is 1. The standard InChI is InChI=1S/C18H19N3/c1-14(21-10-2-3-11-21)15-6-4-7-16(12-15)18-17(13-19)8-5-9-20-18/h4-9,12,14H,2-3,10-11H2,1H3/t14-/m1/s1. The average Bonchev–Trinajstić information content (AvgIpc) is 3.08. The Balaban J connectivity index is 1.94. The Bertz CT molecular complexity index is 666. The molecule has 2 aromatic rings. The molecular weight excluding hydrogens is 258 g/mol. The van der Waals surface area contributed by atoms with Crippen molar-refractivity contribution in [1.82, 2.24) is 9.88 Å². The van der Waals surface area contributed by atoms with Gasteiger partial charge in [-0.25, -0.2) is 0 Å². The SMILES string of the molecule is C[C@H](c1cccc(-c2ncccc2C#N)c1)N1CCCC1. The number of hydrogen-bond acceptors (Lipinski definition) is 3. The van der Waals surface area contributed by atoms with Gasteiger partial charge < -0.3 is 0 Å². The second kappa shape index (κ2) is 6.07. The monoisotopic (exact) mass is 277 g/mol. The summed E-state index contributed by atoms with van der Waals surface area (Å²) in [6, 6.07) is 14.7. The van der Waals surface area contributed by atoms with Gasteiger partial charge >= 0.3 is 0 Å². The summed E-state index contributed by atoms with van der Waals surface area (Å²) in [5, 5.41) is 9.23. The van der Waals surface area contributed by atoms with Crippen molar-refractivity contribution in [2.75, 3.05) is 13.1 Å². The van der Waals surface area contributed by atoms with Gasteiger partial charge in [-0.05, 0) is 56.6 Å². The van der Waals surface area contributed by atoms with E-state index in [-0.39, 0.29) is 0 Å². The van der Waals surface area contributed by atoms with Crippen molar-refractivity contribution < 1.29 is 0 Å². The van der Waals surface area contributed by atoms with E-state index in [0.29, 0.717) is 11.6 Å². The fourth-order valence-electron chi connectivity index (χ4n) is 3.01.